The summed E-state index contributed by atoms with van der Waals surface area (Å²) >= 11 is 11.9. The minimum Gasteiger partial charge on any atom is -0.478 e. The van der Waals surface area contributed by atoms with Gasteiger partial charge in [-0.3, -0.25) is 0 Å². The number of hydrogen-bond donors (Lipinski definition) is 1. The van der Waals surface area contributed by atoms with Crippen LogP contribution in [-0.2, 0) is 4.79 Å². The maximum atomic E-state index is 13.1. The van der Waals surface area contributed by atoms with E-state index in [9.17, 15) is 18.0 Å². The SMILES string of the molecule is O=C(O)C1=Cc2cc(Cl)c(Oc3cccnc3Cl)cc2OC1C(F)(F)F. The Hall–Kier alpha value is -2.45. The highest BCUT2D eigenvalue weighted by Crippen LogP contribution is 2.43. The summed E-state index contributed by atoms with van der Waals surface area (Å²) in [5, 5.41) is 9.08. The highest BCUT2D eigenvalue weighted by Gasteiger charge is 2.48. The molecule has 2 aromatic rings. The lowest BCUT2D eigenvalue weighted by atomic mass is 10.0. The first kappa shape index (κ1) is 18.3. The Labute approximate surface area is 154 Å². The topological polar surface area (TPSA) is 68.7 Å². The van der Waals surface area contributed by atoms with Crippen LogP contribution in [0.1, 0.15) is 5.56 Å². The van der Waals surface area contributed by atoms with Crippen LogP contribution in [0.3, 0.4) is 0 Å². The molecule has 0 saturated carbocycles. The molecule has 1 atom stereocenters. The third kappa shape index (κ3) is 3.56. The van der Waals surface area contributed by atoms with Crippen LogP contribution < -0.4 is 9.47 Å². The fraction of sp³-hybridized carbons (Fsp3) is 0.125. The van der Waals surface area contributed by atoms with E-state index in [0.29, 0.717) is 0 Å². The van der Waals surface area contributed by atoms with Crippen molar-refractivity contribution in [2.24, 2.45) is 0 Å². The molecule has 3 rings (SSSR count). The molecule has 0 spiro atoms. The molecule has 0 radical (unpaired) electrons. The average molecular weight is 406 g/mol. The standard InChI is InChI=1S/C16H8Cl2F3NO4/c17-9-5-7-4-8(15(23)24)13(16(19,20)21)26-11(7)6-12(9)25-10-2-1-3-22-14(10)18/h1-6,13H,(H,23,24). The number of aliphatic carboxylic acids is 1. The molecule has 0 amide bonds. The van der Waals surface area contributed by atoms with Gasteiger partial charge in [0.15, 0.2) is 10.9 Å². The molecule has 10 heteroatoms. The van der Waals surface area contributed by atoms with E-state index < -0.39 is 23.8 Å². The number of ether oxygens (including phenoxy) is 2. The fourth-order valence-corrected chi connectivity index (χ4v) is 2.63. The van der Waals surface area contributed by atoms with Gasteiger partial charge in [0.2, 0.25) is 6.10 Å². The van der Waals surface area contributed by atoms with Crippen LogP contribution in [0.5, 0.6) is 17.2 Å². The number of alkyl halides is 3. The maximum absolute atomic E-state index is 13.1. The number of carboxylic acids is 1. The molecule has 5 nitrogen and oxygen atoms in total. The highest BCUT2D eigenvalue weighted by atomic mass is 35.5. The van der Waals surface area contributed by atoms with Crippen LogP contribution >= 0.6 is 23.2 Å². The summed E-state index contributed by atoms with van der Waals surface area (Å²) in [5.74, 6) is -1.84. The second kappa shape index (κ2) is 6.69. The van der Waals surface area contributed by atoms with Crippen molar-refractivity contribution in [3.05, 3.63) is 51.8 Å². The van der Waals surface area contributed by atoms with E-state index in [1.54, 1.807) is 6.07 Å². The number of rotatable bonds is 3. The summed E-state index contributed by atoms with van der Waals surface area (Å²) in [5.41, 5.74) is -0.859. The van der Waals surface area contributed by atoms with Crippen molar-refractivity contribution in [1.29, 1.82) is 0 Å². The van der Waals surface area contributed by atoms with Gasteiger partial charge in [0.05, 0.1) is 10.6 Å². The zero-order valence-electron chi connectivity index (χ0n) is 12.6. The van der Waals surface area contributed by atoms with E-state index >= 15 is 0 Å². The van der Waals surface area contributed by atoms with Gasteiger partial charge in [-0.15, -0.1) is 0 Å². The Bertz CT molecular complexity index is 915. The highest BCUT2D eigenvalue weighted by molar-refractivity contribution is 6.32. The van der Waals surface area contributed by atoms with Crippen molar-refractivity contribution in [2.75, 3.05) is 0 Å². The lowest BCUT2D eigenvalue weighted by Crippen LogP contribution is -2.40. The predicted molar refractivity (Wildman–Crippen MR) is 86.9 cm³/mol. The van der Waals surface area contributed by atoms with E-state index in [1.165, 1.54) is 18.3 Å². The molecule has 2 heterocycles. The molecule has 1 aliphatic heterocycles. The normalized spacial score (nSPS) is 16.3. The van der Waals surface area contributed by atoms with Gasteiger partial charge in [0.25, 0.3) is 0 Å². The van der Waals surface area contributed by atoms with E-state index in [4.69, 9.17) is 37.8 Å². The quantitative estimate of drug-likeness (QED) is 0.729. The second-order valence-electron chi connectivity index (χ2n) is 5.16. The molecule has 0 aliphatic carbocycles. The molecule has 1 aliphatic rings. The van der Waals surface area contributed by atoms with Crippen LogP contribution in [0.25, 0.3) is 6.08 Å². The number of benzene rings is 1. The van der Waals surface area contributed by atoms with E-state index in [-0.39, 0.29) is 33.0 Å². The van der Waals surface area contributed by atoms with Gasteiger partial charge in [-0.2, -0.15) is 13.2 Å². The number of fused-ring (bicyclic) bond motifs is 1. The average Bonchev–Trinajstić information content (AvgIpc) is 2.55. The van der Waals surface area contributed by atoms with Crippen molar-refractivity contribution < 1.29 is 32.5 Å². The Morgan fingerprint density at radius 3 is 2.62 bits per heavy atom. The monoisotopic (exact) mass is 405 g/mol. The summed E-state index contributed by atoms with van der Waals surface area (Å²) in [4.78, 5) is 14.9. The predicted octanol–water partition coefficient (Wildman–Crippen LogP) is 4.97. The Morgan fingerprint density at radius 2 is 2.00 bits per heavy atom. The van der Waals surface area contributed by atoms with E-state index in [0.717, 1.165) is 12.1 Å². The Morgan fingerprint density at radius 1 is 1.27 bits per heavy atom. The first-order valence-corrected chi connectivity index (χ1v) is 7.72. The molecule has 1 aromatic heterocycles. The van der Waals surface area contributed by atoms with Gasteiger partial charge < -0.3 is 14.6 Å². The van der Waals surface area contributed by atoms with Crippen LogP contribution in [-0.4, -0.2) is 28.3 Å². The van der Waals surface area contributed by atoms with Gasteiger partial charge in [0, 0.05) is 17.8 Å². The summed E-state index contributed by atoms with van der Waals surface area (Å²) in [6, 6.07) is 5.42. The van der Waals surface area contributed by atoms with Crippen molar-refractivity contribution in [1.82, 2.24) is 4.98 Å². The Kier molecular flexibility index (Phi) is 4.72. The van der Waals surface area contributed by atoms with Crippen LogP contribution in [0, 0.1) is 0 Å². The largest absolute Gasteiger partial charge is 0.478 e. The minimum absolute atomic E-state index is 0.0200. The zero-order valence-corrected chi connectivity index (χ0v) is 14.1. The lowest BCUT2D eigenvalue weighted by Gasteiger charge is -2.27. The first-order valence-electron chi connectivity index (χ1n) is 6.97. The maximum Gasteiger partial charge on any atom is 0.430 e. The molecule has 0 bridgehead atoms. The van der Waals surface area contributed by atoms with Gasteiger partial charge in [-0.1, -0.05) is 23.2 Å². The summed E-state index contributed by atoms with van der Waals surface area (Å²) in [6.07, 6.45) is -5.22. The molecular weight excluding hydrogens is 398 g/mol. The van der Waals surface area contributed by atoms with E-state index in [1.807, 2.05) is 0 Å². The van der Waals surface area contributed by atoms with Crippen LogP contribution in [0.15, 0.2) is 36.0 Å². The molecule has 26 heavy (non-hydrogen) atoms. The number of hydrogen-bond acceptors (Lipinski definition) is 4. The third-order valence-corrected chi connectivity index (χ3v) is 3.97. The zero-order chi connectivity index (χ0) is 19.1. The third-order valence-electron chi connectivity index (χ3n) is 3.39. The van der Waals surface area contributed by atoms with Crippen molar-refractivity contribution >= 4 is 35.2 Å². The molecular formula is C16H8Cl2F3NO4. The molecule has 1 unspecified atom stereocenters. The second-order valence-corrected chi connectivity index (χ2v) is 5.92. The molecule has 0 saturated heterocycles. The van der Waals surface area contributed by atoms with Crippen molar-refractivity contribution in [2.45, 2.75) is 12.3 Å². The molecule has 136 valence electrons. The number of nitrogens with zero attached hydrogens (tertiary/aromatic N) is 1. The van der Waals surface area contributed by atoms with Gasteiger partial charge in [0.1, 0.15) is 11.5 Å². The minimum atomic E-state index is -4.91. The molecule has 0 fully saturated rings. The first-order chi connectivity index (χ1) is 12.2. The molecule has 1 N–H and O–H groups in total. The van der Waals surface area contributed by atoms with Crippen molar-refractivity contribution in [3.63, 3.8) is 0 Å². The number of aromatic nitrogens is 1. The number of carbonyl (C=O) groups is 1. The van der Waals surface area contributed by atoms with Crippen LogP contribution in [0.4, 0.5) is 13.2 Å². The molecule has 1 aromatic carbocycles. The summed E-state index contributed by atoms with van der Waals surface area (Å²) in [6.45, 7) is 0. The Balaban J connectivity index is 2.03. The lowest BCUT2D eigenvalue weighted by molar-refractivity contribution is -0.187. The number of pyridine rings is 1. The summed E-state index contributed by atoms with van der Waals surface area (Å²) < 4.78 is 49.7. The number of carboxylic acid groups (broad SMARTS) is 1. The van der Waals surface area contributed by atoms with Gasteiger partial charge in [-0.25, -0.2) is 9.78 Å². The van der Waals surface area contributed by atoms with Crippen LogP contribution in [0.2, 0.25) is 10.2 Å². The van der Waals surface area contributed by atoms with E-state index in [2.05, 4.69) is 4.98 Å². The smallest absolute Gasteiger partial charge is 0.430 e. The number of halogens is 5. The fourth-order valence-electron chi connectivity index (χ4n) is 2.26. The van der Waals surface area contributed by atoms with Gasteiger partial charge in [-0.05, 0) is 24.3 Å². The van der Waals surface area contributed by atoms with Gasteiger partial charge >= 0.3 is 12.1 Å². The van der Waals surface area contributed by atoms with Crippen molar-refractivity contribution in [3.8, 4) is 17.2 Å². The summed E-state index contributed by atoms with van der Waals surface area (Å²) in [7, 11) is 0.